The molecule has 8 N–H and O–H groups in total. The SMILES string of the molecule is CCCCC(C)CC(=O)NC(CCCC)CC(=O)NCCCCC(CC(N)=O)NC(=O)CC(CCCC)NC(=O)CC(C)CCCN. The molecule has 0 aromatic heterocycles. The molecule has 0 saturated carbocycles. The first-order chi connectivity index (χ1) is 22.4. The van der Waals surface area contributed by atoms with Gasteiger partial charge in [0.2, 0.25) is 29.5 Å². The molecular weight excluding hydrogens is 596 g/mol. The molecule has 0 aromatic carbocycles. The molecular formula is C36H70N6O5. The minimum absolute atomic E-state index is 0.0111. The van der Waals surface area contributed by atoms with E-state index < -0.39 is 11.9 Å². The number of nitrogens with two attached hydrogens (primary N) is 2. The van der Waals surface area contributed by atoms with Gasteiger partial charge in [0.1, 0.15) is 0 Å². The Bertz CT molecular complexity index is 886. The average Bonchev–Trinajstić information content (AvgIpc) is 2.99. The lowest BCUT2D eigenvalue weighted by atomic mass is 9.99. The summed E-state index contributed by atoms with van der Waals surface area (Å²) in [6, 6.07) is -0.867. The molecule has 11 heteroatoms. The predicted octanol–water partition coefficient (Wildman–Crippen LogP) is 4.74. The second-order valence-corrected chi connectivity index (χ2v) is 13.7. The highest BCUT2D eigenvalue weighted by Gasteiger charge is 2.21. The molecule has 0 bridgehead atoms. The molecule has 5 atom stereocenters. The molecule has 0 heterocycles. The van der Waals surface area contributed by atoms with Gasteiger partial charge >= 0.3 is 0 Å². The molecule has 0 aliphatic rings. The Morgan fingerprint density at radius 3 is 1.38 bits per heavy atom. The van der Waals surface area contributed by atoms with Crippen molar-refractivity contribution in [2.45, 2.75) is 175 Å². The van der Waals surface area contributed by atoms with Crippen LogP contribution in [0.2, 0.25) is 0 Å². The standard InChI is InChI=1S/C36H70N6O5/c1-6-9-15-27(4)22-34(45)41-30(17-10-7-2)25-33(44)39-21-13-12-19-29(24-32(38)43)40-36(47)26-31(18-11-8-3)42-35(46)23-28(5)16-14-20-37/h27-31H,6-26,37H2,1-5H3,(H2,38,43)(H,39,44)(H,40,47)(H,41,45)(H,42,46). The maximum Gasteiger partial charge on any atom is 0.222 e. The summed E-state index contributed by atoms with van der Waals surface area (Å²) in [5.41, 5.74) is 11.1. The van der Waals surface area contributed by atoms with Gasteiger partial charge in [0.15, 0.2) is 0 Å². The fourth-order valence-corrected chi connectivity index (χ4v) is 5.80. The van der Waals surface area contributed by atoms with Crippen LogP contribution in [0.4, 0.5) is 0 Å². The van der Waals surface area contributed by atoms with Crippen molar-refractivity contribution in [1.82, 2.24) is 21.3 Å². The zero-order valence-corrected chi connectivity index (χ0v) is 30.4. The largest absolute Gasteiger partial charge is 0.370 e. The Balaban J connectivity index is 4.80. The van der Waals surface area contributed by atoms with Gasteiger partial charge in [-0.25, -0.2) is 0 Å². The third-order valence-electron chi connectivity index (χ3n) is 8.54. The number of hydrogen-bond acceptors (Lipinski definition) is 6. The minimum Gasteiger partial charge on any atom is -0.370 e. The Hall–Kier alpha value is -2.69. The van der Waals surface area contributed by atoms with Crippen LogP contribution in [0.25, 0.3) is 0 Å². The van der Waals surface area contributed by atoms with Gasteiger partial charge < -0.3 is 32.7 Å². The molecule has 274 valence electrons. The lowest BCUT2D eigenvalue weighted by Gasteiger charge is -2.22. The molecule has 47 heavy (non-hydrogen) atoms. The summed E-state index contributed by atoms with van der Waals surface area (Å²) in [7, 11) is 0. The molecule has 5 unspecified atom stereocenters. The van der Waals surface area contributed by atoms with Crippen LogP contribution in [0, 0.1) is 11.8 Å². The second kappa shape index (κ2) is 28.3. The van der Waals surface area contributed by atoms with E-state index in [9.17, 15) is 24.0 Å². The summed E-state index contributed by atoms with van der Waals surface area (Å²) in [6.45, 7) is 11.5. The van der Waals surface area contributed by atoms with Crippen LogP contribution in [-0.2, 0) is 24.0 Å². The van der Waals surface area contributed by atoms with Crippen LogP contribution in [0.15, 0.2) is 0 Å². The number of carbonyl (C=O) groups is 5. The van der Waals surface area contributed by atoms with Crippen LogP contribution in [0.3, 0.4) is 0 Å². The lowest BCUT2D eigenvalue weighted by molar-refractivity contribution is -0.126. The fourth-order valence-electron chi connectivity index (χ4n) is 5.80. The number of amides is 5. The number of unbranched alkanes of at least 4 members (excludes halogenated alkanes) is 4. The van der Waals surface area contributed by atoms with Crippen molar-refractivity contribution < 1.29 is 24.0 Å². The molecule has 0 spiro atoms. The van der Waals surface area contributed by atoms with Gasteiger partial charge in [-0.3, -0.25) is 24.0 Å². The van der Waals surface area contributed by atoms with E-state index in [4.69, 9.17) is 11.5 Å². The molecule has 0 aromatic rings. The zero-order chi connectivity index (χ0) is 35.5. The number of hydrogen-bond donors (Lipinski definition) is 6. The third kappa shape index (κ3) is 26.0. The van der Waals surface area contributed by atoms with E-state index in [1.54, 1.807) is 0 Å². The van der Waals surface area contributed by atoms with Gasteiger partial charge in [0.05, 0.1) is 0 Å². The van der Waals surface area contributed by atoms with Crippen molar-refractivity contribution in [3.63, 3.8) is 0 Å². The summed E-state index contributed by atoms with van der Waals surface area (Å²) < 4.78 is 0. The first-order valence-electron chi connectivity index (χ1n) is 18.6. The van der Waals surface area contributed by atoms with E-state index in [2.05, 4.69) is 49.0 Å². The first kappa shape index (κ1) is 44.3. The molecule has 0 saturated heterocycles. The minimum atomic E-state index is -0.495. The van der Waals surface area contributed by atoms with Gasteiger partial charge in [-0.2, -0.15) is 0 Å². The topological polar surface area (TPSA) is 186 Å². The monoisotopic (exact) mass is 667 g/mol. The van der Waals surface area contributed by atoms with Crippen LogP contribution < -0.4 is 32.7 Å². The lowest BCUT2D eigenvalue weighted by Crippen LogP contribution is -2.43. The van der Waals surface area contributed by atoms with Gasteiger partial charge in [-0.05, 0) is 63.3 Å². The molecule has 5 amide bonds. The average molecular weight is 667 g/mol. The Kier molecular flexibility index (Phi) is 26.7. The van der Waals surface area contributed by atoms with Crippen LogP contribution in [-0.4, -0.2) is 60.8 Å². The highest BCUT2D eigenvalue weighted by atomic mass is 16.2. The first-order valence-corrected chi connectivity index (χ1v) is 18.6. The normalized spacial score (nSPS) is 14.3. The van der Waals surface area contributed by atoms with Gasteiger partial charge in [0.25, 0.3) is 0 Å². The quantitative estimate of drug-likeness (QED) is 0.0601. The van der Waals surface area contributed by atoms with Crippen LogP contribution in [0.5, 0.6) is 0 Å². The highest BCUT2D eigenvalue weighted by Crippen LogP contribution is 2.14. The number of carbonyl (C=O) groups excluding carboxylic acids is 5. The van der Waals surface area contributed by atoms with Gasteiger partial charge in [-0.15, -0.1) is 0 Å². The van der Waals surface area contributed by atoms with Crippen molar-refractivity contribution in [2.75, 3.05) is 13.1 Å². The Morgan fingerprint density at radius 1 is 0.511 bits per heavy atom. The molecule has 0 radical (unpaired) electrons. The summed E-state index contributed by atoms with van der Waals surface area (Å²) in [6.07, 6.45) is 13.5. The van der Waals surface area contributed by atoms with Crippen molar-refractivity contribution >= 4 is 29.5 Å². The Morgan fingerprint density at radius 2 is 0.915 bits per heavy atom. The maximum absolute atomic E-state index is 13.0. The zero-order valence-electron chi connectivity index (χ0n) is 30.4. The predicted molar refractivity (Wildman–Crippen MR) is 190 cm³/mol. The summed E-state index contributed by atoms with van der Waals surface area (Å²) in [5.74, 6) is -0.310. The van der Waals surface area contributed by atoms with E-state index in [-0.39, 0.29) is 60.9 Å². The molecule has 11 nitrogen and oxygen atoms in total. The second-order valence-electron chi connectivity index (χ2n) is 13.7. The van der Waals surface area contributed by atoms with Crippen molar-refractivity contribution in [3.8, 4) is 0 Å². The van der Waals surface area contributed by atoms with E-state index in [1.807, 2.05) is 6.92 Å². The number of nitrogens with one attached hydrogen (secondary N) is 4. The van der Waals surface area contributed by atoms with E-state index >= 15 is 0 Å². The molecule has 0 aliphatic heterocycles. The van der Waals surface area contributed by atoms with Crippen LogP contribution >= 0.6 is 0 Å². The molecule has 0 aliphatic carbocycles. The third-order valence-corrected chi connectivity index (χ3v) is 8.54. The van der Waals surface area contributed by atoms with E-state index in [0.717, 1.165) is 64.2 Å². The number of primary amides is 1. The van der Waals surface area contributed by atoms with E-state index in [0.29, 0.717) is 57.5 Å². The van der Waals surface area contributed by atoms with Crippen molar-refractivity contribution in [1.29, 1.82) is 0 Å². The number of rotatable bonds is 30. The van der Waals surface area contributed by atoms with E-state index in [1.165, 1.54) is 0 Å². The summed E-state index contributed by atoms with van der Waals surface area (Å²) >= 11 is 0. The van der Waals surface area contributed by atoms with Crippen LogP contribution in [0.1, 0.15) is 157 Å². The molecule has 0 fully saturated rings. The maximum atomic E-state index is 13.0. The van der Waals surface area contributed by atoms with Gasteiger partial charge in [0, 0.05) is 56.8 Å². The van der Waals surface area contributed by atoms with Gasteiger partial charge in [-0.1, -0.05) is 79.6 Å². The summed E-state index contributed by atoms with van der Waals surface area (Å²) in [5, 5.41) is 12.0. The summed E-state index contributed by atoms with van der Waals surface area (Å²) in [4.78, 5) is 62.6. The fraction of sp³-hybridized carbons (Fsp3) is 0.861. The Labute approximate surface area is 285 Å². The molecule has 0 rings (SSSR count). The smallest absolute Gasteiger partial charge is 0.222 e. The van der Waals surface area contributed by atoms with Crippen molar-refractivity contribution in [2.24, 2.45) is 23.3 Å². The van der Waals surface area contributed by atoms with Crippen molar-refractivity contribution in [3.05, 3.63) is 0 Å². The highest BCUT2D eigenvalue weighted by molar-refractivity contribution is 5.81.